The molecule has 4 aromatic rings. The maximum Gasteiger partial charge on any atom is 0.338 e. The number of rotatable bonds is 5. The number of aromatic nitrogens is 1. The van der Waals surface area contributed by atoms with Gasteiger partial charge in [0.1, 0.15) is 17.6 Å². The van der Waals surface area contributed by atoms with Gasteiger partial charge in [0, 0.05) is 21.7 Å². The lowest BCUT2D eigenvalue weighted by Gasteiger charge is -2.25. The van der Waals surface area contributed by atoms with E-state index in [1.165, 1.54) is 15.9 Å². The van der Waals surface area contributed by atoms with E-state index >= 15 is 0 Å². The quantitative estimate of drug-likeness (QED) is 0.320. The molecular formula is C27H20Cl2N2O4S. The predicted octanol–water partition coefficient (Wildman–Crippen LogP) is 5.37. The van der Waals surface area contributed by atoms with Crippen LogP contribution in [0.4, 0.5) is 0 Å². The highest BCUT2D eigenvalue weighted by atomic mass is 35.5. The standard InChI is InChI=1S/C27H20Cl2N2O4S/c1-3-34-26(33)23-15(2)30-27-31(24(23)19-9-4-5-10-20(19)29)25(32)22(36-27)14-18-11-12-21(35-18)16-7-6-8-17(28)13-16/h4-14,24H,3H2,1-2H3/b22-14+/t24-/m0/s1. The van der Waals surface area contributed by atoms with Crippen LogP contribution >= 0.6 is 34.5 Å². The van der Waals surface area contributed by atoms with E-state index < -0.39 is 12.0 Å². The molecule has 1 aliphatic rings. The van der Waals surface area contributed by atoms with Gasteiger partial charge in [-0.05, 0) is 49.7 Å². The van der Waals surface area contributed by atoms with Crippen LogP contribution in [0.2, 0.25) is 10.0 Å². The number of furan rings is 1. The number of ether oxygens (including phenoxy) is 1. The molecule has 1 aliphatic heterocycles. The number of thiazole rings is 1. The maximum absolute atomic E-state index is 13.7. The van der Waals surface area contributed by atoms with Crippen molar-refractivity contribution >= 4 is 46.6 Å². The van der Waals surface area contributed by atoms with Gasteiger partial charge >= 0.3 is 5.97 Å². The molecule has 2 aromatic carbocycles. The Morgan fingerprint density at radius 2 is 1.97 bits per heavy atom. The van der Waals surface area contributed by atoms with Crippen molar-refractivity contribution in [3.63, 3.8) is 0 Å². The Hall–Kier alpha value is -3.39. The van der Waals surface area contributed by atoms with Gasteiger partial charge in [-0.25, -0.2) is 9.79 Å². The minimum Gasteiger partial charge on any atom is -0.463 e. The molecule has 0 aliphatic carbocycles. The molecule has 36 heavy (non-hydrogen) atoms. The molecule has 1 atom stereocenters. The lowest BCUT2D eigenvalue weighted by atomic mass is 9.96. The number of halogens is 2. The first-order valence-electron chi connectivity index (χ1n) is 11.2. The fourth-order valence-corrected chi connectivity index (χ4v) is 5.60. The van der Waals surface area contributed by atoms with Gasteiger partial charge in [0.2, 0.25) is 0 Å². The lowest BCUT2D eigenvalue weighted by Crippen LogP contribution is -2.40. The fraction of sp³-hybridized carbons (Fsp3) is 0.148. The number of carbonyl (C=O) groups excluding carboxylic acids is 1. The van der Waals surface area contributed by atoms with Gasteiger partial charge in [0.15, 0.2) is 4.80 Å². The monoisotopic (exact) mass is 538 g/mol. The lowest BCUT2D eigenvalue weighted by molar-refractivity contribution is -0.139. The third-order valence-corrected chi connectivity index (χ3v) is 7.29. The second-order valence-electron chi connectivity index (χ2n) is 8.04. The molecule has 6 nitrogen and oxygen atoms in total. The van der Waals surface area contributed by atoms with E-state index in [2.05, 4.69) is 4.99 Å². The molecule has 0 saturated heterocycles. The number of carbonyl (C=O) groups is 1. The molecular weight excluding hydrogens is 519 g/mol. The molecule has 0 bridgehead atoms. The Morgan fingerprint density at radius 1 is 1.17 bits per heavy atom. The molecule has 9 heteroatoms. The minimum absolute atomic E-state index is 0.197. The summed E-state index contributed by atoms with van der Waals surface area (Å²) in [5.74, 6) is 0.604. The van der Waals surface area contributed by atoms with Crippen LogP contribution in [0.15, 0.2) is 86.1 Å². The van der Waals surface area contributed by atoms with Crippen molar-refractivity contribution in [2.75, 3.05) is 6.61 Å². The van der Waals surface area contributed by atoms with Crippen molar-refractivity contribution in [2.24, 2.45) is 4.99 Å². The van der Waals surface area contributed by atoms with E-state index in [0.29, 0.717) is 42.2 Å². The van der Waals surface area contributed by atoms with E-state index in [9.17, 15) is 9.59 Å². The predicted molar refractivity (Wildman–Crippen MR) is 141 cm³/mol. The van der Waals surface area contributed by atoms with Crippen molar-refractivity contribution in [1.82, 2.24) is 4.57 Å². The molecule has 0 spiro atoms. The SMILES string of the molecule is CCOC(=O)C1=C(C)N=c2s/c(=C/c3ccc(-c4cccc(Cl)c4)o3)c(=O)n2[C@H]1c1ccccc1Cl. The van der Waals surface area contributed by atoms with Crippen LogP contribution in [0.1, 0.15) is 31.2 Å². The van der Waals surface area contributed by atoms with Crippen molar-refractivity contribution < 1.29 is 13.9 Å². The third kappa shape index (κ3) is 4.46. The molecule has 0 amide bonds. The number of nitrogens with zero attached hydrogens (tertiary/aromatic N) is 2. The van der Waals surface area contributed by atoms with Gasteiger partial charge in [-0.15, -0.1) is 0 Å². The normalized spacial score (nSPS) is 15.6. The summed E-state index contributed by atoms with van der Waals surface area (Å²) >= 11 is 13.8. The van der Waals surface area contributed by atoms with Crippen LogP contribution in [0, 0.1) is 0 Å². The average Bonchev–Trinajstić information content (AvgIpc) is 3.43. The van der Waals surface area contributed by atoms with E-state index in [0.717, 1.165) is 5.56 Å². The Morgan fingerprint density at radius 3 is 2.72 bits per heavy atom. The first-order valence-corrected chi connectivity index (χ1v) is 12.7. The highest BCUT2D eigenvalue weighted by molar-refractivity contribution is 7.07. The van der Waals surface area contributed by atoms with Gasteiger partial charge in [-0.3, -0.25) is 9.36 Å². The summed E-state index contributed by atoms with van der Waals surface area (Å²) in [5.41, 5.74) is 1.90. The molecule has 0 saturated carbocycles. The van der Waals surface area contributed by atoms with Gasteiger partial charge in [-0.2, -0.15) is 0 Å². The first kappa shape index (κ1) is 24.3. The van der Waals surface area contributed by atoms with Gasteiger partial charge in [-0.1, -0.05) is 64.9 Å². The Labute approximate surface area is 220 Å². The number of hydrogen-bond acceptors (Lipinski definition) is 6. The van der Waals surface area contributed by atoms with E-state index in [1.807, 2.05) is 24.3 Å². The minimum atomic E-state index is -0.769. The molecule has 2 aromatic heterocycles. The molecule has 0 fully saturated rings. The molecule has 0 radical (unpaired) electrons. The van der Waals surface area contributed by atoms with E-state index in [1.54, 1.807) is 56.3 Å². The topological polar surface area (TPSA) is 73.8 Å². The second kappa shape index (κ2) is 9.93. The highest BCUT2D eigenvalue weighted by Gasteiger charge is 2.34. The van der Waals surface area contributed by atoms with Crippen molar-refractivity contribution in [1.29, 1.82) is 0 Å². The second-order valence-corrected chi connectivity index (χ2v) is 9.89. The number of benzene rings is 2. The van der Waals surface area contributed by atoms with Crippen molar-refractivity contribution in [2.45, 2.75) is 19.9 Å². The number of hydrogen-bond donors (Lipinski definition) is 0. The number of fused-ring (bicyclic) bond motifs is 1. The summed E-state index contributed by atoms with van der Waals surface area (Å²) in [6, 6.07) is 17.3. The number of esters is 1. The van der Waals surface area contributed by atoms with Crippen LogP contribution in [0.3, 0.4) is 0 Å². The van der Waals surface area contributed by atoms with Crippen LogP contribution in [-0.4, -0.2) is 17.1 Å². The highest BCUT2D eigenvalue weighted by Crippen LogP contribution is 2.34. The zero-order chi connectivity index (χ0) is 25.4. The fourth-order valence-electron chi connectivity index (χ4n) is 4.14. The van der Waals surface area contributed by atoms with Crippen LogP contribution < -0.4 is 14.9 Å². The Kier molecular flexibility index (Phi) is 6.71. The summed E-state index contributed by atoms with van der Waals surface area (Å²) < 4.78 is 13.2. The maximum atomic E-state index is 13.7. The molecule has 5 rings (SSSR count). The first-order chi connectivity index (χ1) is 17.4. The smallest absolute Gasteiger partial charge is 0.338 e. The summed E-state index contributed by atoms with van der Waals surface area (Å²) in [6.07, 6.45) is 1.67. The largest absolute Gasteiger partial charge is 0.463 e. The van der Waals surface area contributed by atoms with Gasteiger partial charge < -0.3 is 9.15 Å². The molecule has 3 heterocycles. The van der Waals surface area contributed by atoms with Crippen molar-refractivity contribution in [3.8, 4) is 11.3 Å². The van der Waals surface area contributed by atoms with Crippen LogP contribution in [-0.2, 0) is 9.53 Å². The molecule has 182 valence electrons. The van der Waals surface area contributed by atoms with Crippen molar-refractivity contribution in [3.05, 3.63) is 113 Å². The van der Waals surface area contributed by atoms with E-state index in [-0.39, 0.29) is 17.7 Å². The zero-order valence-corrected chi connectivity index (χ0v) is 21.7. The summed E-state index contributed by atoms with van der Waals surface area (Å²) in [4.78, 5) is 31.7. The molecule has 0 unspecified atom stereocenters. The summed E-state index contributed by atoms with van der Waals surface area (Å²) in [7, 11) is 0. The molecule has 0 N–H and O–H groups in total. The van der Waals surface area contributed by atoms with Crippen LogP contribution in [0.25, 0.3) is 17.4 Å². The number of allylic oxidation sites excluding steroid dienone is 1. The summed E-state index contributed by atoms with van der Waals surface area (Å²) in [6.45, 7) is 3.66. The van der Waals surface area contributed by atoms with Gasteiger partial charge in [0.25, 0.3) is 5.56 Å². The Bertz CT molecular complexity index is 1700. The average molecular weight is 539 g/mol. The van der Waals surface area contributed by atoms with Gasteiger partial charge in [0.05, 0.1) is 22.4 Å². The summed E-state index contributed by atoms with van der Waals surface area (Å²) in [5, 5.41) is 1.04. The van der Waals surface area contributed by atoms with E-state index in [4.69, 9.17) is 32.4 Å². The third-order valence-electron chi connectivity index (χ3n) is 5.73. The Balaban J connectivity index is 1.66. The van der Waals surface area contributed by atoms with Crippen LogP contribution in [0.5, 0.6) is 0 Å². The zero-order valence-electron chi connectivity index (χ0n) is 19.3.